The van der Waals surface area contributed by atoms with Gasteiger partial charge in [-0.05, 0) is 108 Å². The maximum Gasteiger partial charge on any atom is 0.227 e. The van der Waals surface area contributed by atoms with Crippen LogP contribution in [-0.2, 0) is 0 Å². The van der Waals surface area contributed by atoms with E-state index < -0.39 is 0 Å². The van der Waals surface area contributed by atoms with E-state index in [0.717, 1.165) is 43.9 Å². The van der Waals surface area contributed by atoms with Crippen molar-refractivity contribution in [2.75, 3.05) is 0 Å². The van der Waals surface area contributed by atoms with Gasteiger partial charge in [0.05, 0.1) is 11.0 Å². The molecule has 0 unspecified atom stereocenters. The van der Waals surface area contributed by atoms with Crippen LogP contribution in [0.1, 0.15) is 0 Å². The molecule has 260 valence electrons. The molecule has 0 spiro atoms. The summed E-state index contributed by atoms with van der Waals surface area (Å²) in [4.78, 5) is 4.98. The highest BCUT2D eigenvalue weighted by Gasteiger charge is 2.22. The molecule has 0 atom stereocenters. The predicted octanol–water partition coefficient (Wildman–Crippen LogP) is 14.5. The second-order valence-electron chi connectivity index (χ2n) is 14.6. The molecule has 0 fully saturated rings. The van der Waals surface area contributed by atoms with Gasteiger partial charge in [-0.25, -0.2) is 4.98 Å². The van der Waals surface area contributed by atoms with Crippen molar-refractivity contribution in [1.29, 1.82) is 0 Å². The van der Waals surface area contributed by atoms with E-state index in [2.05, 4.69) is 180 Å². The first kappa shape index (κ1) is 30.9. The first-order chi connectivity index (χ1) is 27.8. The number of fused-ring (bicyclic) bond motifs is 10. The maximum absolute atomic E-state index is 6.70. The molecular weight excluding hydrogens is 681 g/mol. The molecular formula is C53H32N2O. The second-order valence-corrected chi connectivity index (χ2v) is 14.6. The molecule has 10 aromatic carbocycles. The summed E-state index contributed by atoms with van der Waals surface area (Å²) >= 11 is 0. The summed E-state index contributed by atoms with van der Waals surface area (Å²) in [7, 11) is 0. The molecule has 0 saturated carbocycles. The van der Waals surface area contributed by atoms with Gasteiger partial charge in [0.25, 0.3) is 0 Å². The van der Waals surface area contributed by atoms with E-state index >= 15 is 0 Å². The molecule has 3 heteroatoms. The number of para-hydroxylation sites is 2. The van der Waals surface area contributed by atoms with Crippen LogP contribution in [0.3, 0.4) is 0 Å². The molecule has 0 saturated heterocycles. The Balaban J connectivity index is 1.17. The molecule has 0 amide bonds. The monoisotopic (exact) mass is 712 g/mol. The van der Waals surface area contributed by atoms with Crippen molar-refractivity contribution in [2.45, 2.75) is 0 Å². The van der Waals surface area contributed by atoms with Gasteiger partial charge in [-0.15, -0.1) is 0 Å². The SMILES string of the molecule is c1ccc(-c2nc3ccc4c(-c5c6ccccc6c(-c6ccc7c8ccccc8n(-c8ccccc8)c7c6)c6ccccc56)cc5ccccc5c4c3o2)cc1. The van der Waals surface area contributed by atoms with Crippen LogP contribution < -0.4 is 0 Å². The smallest absolute Gasteiger partial charge is 0.227 e. The number of aromatic nitrogens is 2. The third kappa shape index (κ3) is 4.49. The lowest BCUT2D eigenvalue weighted by molar-refractivity contribution is 0.623. The van der Waals surface area contributed by atoms with Gasteiger partial charge in [0, 0.05) is 27.4 Å². The maximum atomic E-state index is 6.70. The third-order valence-electron chi connectivity index (χ3n) is 11.6. The molecule has 0 aliphatic carbocycles. The average Bonchev–Trinajstić information content (AvgIpc) is 3.85. The number of hydrogen-bond donors (Lipinski definition) is 0. The summed E-state index contributed by atoms with van der Waals surface area (Å²) < 4.78 is 9.11. The van der Waals surface area contributed by atoms with Crippen LogP contribution in [0.2, 0.25) is 0 Å². The van der Waals surface area contributed by atoms with E-state index in [1.807, 2.05) is 18.2 Å². The fraction of sp³-hybridized carbons (Fsp3) is 0. The van der Waals surface area contributed by atoms with Crippen molar-refractivity contribution < 1.29 is 4.42 Å². The van der Waals surface area contributed by atoms with Crippen LogP contribution in [0.15, 0.2) is 199 Å². The number of rotatable bonds is 4. The minimum absolute atomic E-state index is 0.631. The highest BCUT2D eigenvalue weighted by molar-refractivity contribution is 6.28. The topological polar surface area (TPSA) is 31.0 Å². The Morgan fingerprint density at radius 3 is 1.70 bits per heavy atom. The molecule has 2 heterocycles. The van der Waals surface area contributed by atoms with E-state index in [0.29, 0.717) is 5.89 Å². The van der Waals surface area contributed by atoms with E-state index in [-0.39, 0.29) is 0 Å². The molecule has 0 N–H and O–H groups in total. The quantitative estimate of drug-likeness (QED) is 0.134. The third-order valence-corrected chi connectivity index (χ3v) is 11.6. The summed E-state index contributed by atoms with van der Waals surface area (Å²) in [6.07, 6.45) is 0. The van der Waals surface area contributed by atoms with Gasteiger partial charge >= 0.3 is 0 Å². The fourth-order valence-electron chi connectivity index (χ4n) is 9.19. The molecule has 0 bridgehead atoms. The zero-order valence-corrected chi connectivity index (χ0v) is 30.3. The summed E-state index contributed by atoms with van der Waals surface area (Å²) in [5.41, 5.74) is 11.0. The second kappa shape index (κ2) is 12.0. The fourth-order valence-corrected chi connectivity index (χ4v) is 9.19. The first-order valence-electron chi connectivity index (χ1n) is 19.1. The van der Waals surface area contributed by atoms with Crippen molar-refractivity contribution >= 4 is 76.0 Å². The lowest BCUT2D eigenvalue weighted by atomic mass is 9.83. The number of hydrogen-bond acceptors (Lipinski definition) is 2. The molecule has 12 aromatic rings. The highest BCUT2D eigenvalue weighted by Crippen LogP contribution is 2.48. The number of oxazole rings is 1. The molecule has 56 heavy (non-hydrogen) atoms. The Morgan fingerprint density at radius 2 is 0.964 bits per heavy atom. The van der Waals surface area contributed by atoms with Crippen molar-refractivity contribution in [2.24, 2.45) is 0 Å². The number of nitrogens with zero attached hydrogens (tertiary/aromatic N) is 2. The van der Waals surface area contributed by atoms with Gasteiger partial charge in [0.1, 0.15) is 5.52 Å². The van der Waals surface area contributed by atoms with Crippen molar-refractivity contribution in [3.63, 3.8) is 0 Å². The lowest BCUT2D eigenvalue weighted by Crippen LogP contribution is -1.94. The minimum Gasteiger partial charge on any atom is -0.435 e. The van der Waals surface area contributed by atoms with Crippen LogP contribution in [0, 0.1) is 0 Å². The lowest BCUT2D eigenvalue weighted by Gasteiger charge is -2.20. The Hall–Kier alpha value is -7.49. The van der Waals surface area contributed by atoms with E-state index in [1.54, 1.807) is 0 Å². The van der Waals surface area contributed by atoms with E-state index in [9.17, 15) is 0 Å². The zero-order chi connectivity index (χ0) is 36.7. The first-order valence-corrected chi connectivity index (χ1v) is 19.1. The predicted molar refractivity (Wildman–Crippen MR) is 235 cm³/mol. The van der Waals surface area contributed by atoms with Gasteiger partial charge in [0.2, 0.25) is 5.89 Å². The van der Waals surface area contributed by atoms with Crippen LogP contribution in [-0.4, -0.2) is 9.55 Å². The molecule has 0 aliphatic rings. The molecule has 12 rings (SSSR count). The summed E-state index contributed by atoms with van der Waals surface area (Å²) in [5, 5.41) is 11.9. The van der Waals surface area contributed by atoms with Crippen LogP contribution in [0.25, 0.3) is 115 Å². The number of benzene rings is 10. The Kier molecular flexibility index (Phi) is 6.63. The van der Waals surface area contributed by atoms with Gasteiger partial charge in [-0.3, -0.25) is 0 Å². The van der Waals surface area contributed by atoms with Crippen molar-refractivity contribution in [3.05, 3.63) is 194 Å². The van der Waals surface area contributed by atoms with Gasteiger partial charge in [-0.2, -0.15) is 0 Å². The minimum atomic E-state index is 0.631. The van der Waals surface area contributed by atoms with E-state index in [1.165, 1.54) is 65.6 Å². The van der Waals surface area contributed by atoms with Crippen LogP contribution >= 0.6 is 0 Å². The van der Waals surface area contributed by atoms with Crippen LogP contribution in [0.5, 0.6) is 0 Å². The van der Waals surface area contributed by atoms with E-state index in [4.69, 9.17) is 9.40 Å². The average molecular weight is 713 g/mol. The standard InChI is InChI=1S/C53H32N2O/c1-3-15-33(16-4-1)53-54-46-30-29-44-45(31-34-17-7-8-20-37(34)51(44)52(46)56-53)50-42-24-11-9-22-40(42)49(41-23-10-12-25-43(41)50)35-27-28-39-38-21-13-14-26-47(38)55(48(39)32-35)36-18-5-2-6-19-36/h1-32H. The molecule has 3 nitrogen and oxygen atoms in total. The zero-order valence-electron chi connectivity index (χ0n) is 30.3. The molecule has 0 radical (unpaired) electrons. The Bertz CT molecular complexity index is 3460. The summed E-state index contributed by atoms with van der Waals surface area (Å²) in [6.45, 7) is 0. The van der Waals surface area contributed by atoms with Gasteiger partial charge in [-0.1, -0.05) is 146 Å². The normalized spacial score (nSPS) is 11.9. The molecule has 2 aromatic heterocycles. The van der Waals surface area contributed by atoms with Gasteiger partial charge in [0.15, 0.2) is 5.58 Å². The summed E-state index contributed by atoms with van der Waals surface area (Å²) in [6, 6.07) is 69.9. The largest absolute Gasteiger partial charge is 0.435 e. The van der Waals surface area contributed by atoms with Gasteiger partial charge < -0.3 is 8.98 Å². The highest BCUT2D eigenvalue weighted by atomic mass is 16.3. The van der Waals surface area contributed by atoms with Crippen molar-refractivity contribution in [3.8, 4) is 39.4 Å². The Morgan fingerprint density at radius 1 is 0.393 bits per heavy atom. The summed E-state index contributed by atoms with van der Waals surface area (Å²) in [5.74, 6) is 0.631. The molecule has 0 aliphatic heterocycles. The van der Waals surface area contributed by atoms with Crippen molar-refractivity contribution in [1.82, 2.24) is 9.55 Å². The van der Waals surface area contributed by atoms with Crippen LogP contribution in [0.4, 0.5) is 0 Å². The Labute approximate surface area is 322 Å².